The Kier molecular flexibility index (Phi) is 4.12. The van der Waals surface area contributed by atoms with E-state index in [0.717, 1.165) is 24.2 Å². The average molecular weight is 264 g/mol. The summed E-state index contributed by atoms with van der Waals surface area (Å²) < 4.78 is 5.83. The SMILES string of the molecule is Cl.c1cncc(-c2cccnc2OC2CNC2)c1. The highest BCUT2D eigenvalue weighted by atomic mass is 35.5. The Morgan fingerprint density at radius 3 is 2.67 bits per heavy atom. The molecule has 0 spiro atoms. The first-order valence-electron chi connectivity index (χ1n) is 5.66. The van der Waals surface area contributed by atoms with Gasteiger partial charge in [-0.3, -0.25) is 4.98 Å². The zero-order valence-corrected chi connectivity index (χ0v) is 10.6. The summed E-state index contributed by atoms with van der Waals surface area (Å²) in [6.07, 6.45) is 5.57. The molecular formula is C13H14ClN3O. The van der Waals surface area contributed by atoms with Crippen molar-refractivity contribution in [3.05, 3.63) is 42.9 Å². The number of hydrogen-bond donors (Lipinski definition) is 1. The molecule has 94 valence electrons. The van der Waals surface area contributed by atoms with E-state index in [0.29, 0.717) is 5.88 Å². The Morgan fingerprint density at radius 1 is 1.17 bits per heavy atom. The molecule has 3 heterocycles. The Labute approximate surface area is 112 Å². The first-order valence-corrected chi connectivity index (χ1v) is 5.66. The van der Waals surface area contributed by atoms with E-state index in [2.05, 4.69) is 15.3 Å². The van der Waals surface area contributed by atoms with Crippen LogP contribution in [0.2, 0.25) is 0 Å². The van der Waals surface area contributed by atoms with Crippen LogP contribution in [0.25, 0.3) is 11.1 Å². The van der Waals surface area contributed by atoms with Crippen molar-refractivity contribution >= 4 is 12.4 Å². The van der Waals surface area contributed by atoms with Crippen LogP contribution in [-0.4, -0.2) is 29.2 Å². The van der Waals surface area contributed by atoms with E-state index in [1.54, 1.807) is 12.4 Å². The molecule has 2 aromatic rings. The summed E-state index contributed by atoms with van der Waals surface area (Å²) in [5, 5.41) is 3.18. The van der Waals surface area contributed by atoms with Gasteiger partial charge < -0.3 is 10.1 Å². The minimum atomic E-state index is 0. The summed E-state index contributed by atoms with van der Waals surface area (Å²) in [7, 11) is 0. The second-order valence-corrected chi connectivity index (χ2v) is 4.00. The third kappa shape index (κ3) is 2.60. The molecule has 3 rings (SSSR count). The maximum absolute atomic E-state index is 5.83. The van der Waals surface area contributed by atoms with Gasteiger partial charge in [0.2, 0.25) is 5.88 Å². The zero-order valence-electron chi connectivity index (χ0n) is 9.74. The summed E-state index contributed by atoms with van der Waals surface area (Å²) in [6.45, 7) is 1.78. The van der Waals surface area contributed by atoms with Crippen molar-refractivity contribution in [2.75, 3.05) is 13.1 Å². The van der Waals surface area contributed by atoms with Crippen LogP contribution >= 0.6 is 12.4 Å². The highest BCUT2D eigenvalue weighted by molar-refractivity contribution is 5.85. The van der Waals surface area contributed by atoms with Crippen LogP contribution in [0.1, 0.15) is 0 Å². The first kappa shape index (κ1) is 12.8. The molecule has 0 aliphatic carbocycles. The maximum Gasteiger partial charge on any atom is 0.221 e. The molecule has 1 saturated heterocycles. The smallest absolute Gasteiger partial charge is 0.221 e. The van der Waals surface area contributed by atoms with Crippen LogP contribution in [0.3, 0.4) is 0 Å². The zero-order chi connectivity index (χ0) is 11.5. The highest BCUT2D eigenvalue weighted by Gasteiger charge is 2.20. The van der Waals surface area contributed by atoms with Crippen molar-refractivity contribution < 1.29 is 4.74 Å². The third-order valence-electron chi connectivity index (χ3n) is 2.77. The number of aromatic nitrogens is 2. The van der Waals surface area contributed by atoms with Crippen molar-refractivity contribution in [3.63, 3.8) is 0 Å². The van der Waals surface area contributed by atoms with Gasteiger partial charge in [-0.1, -0.05) is 6.07 Å². The predicted molar refractivity (Wildman–Crippen MR) is 72.0 cm³/mol. The van der Waals surface area contributed by atoms with Crippen LogP contribution in [0.4, 0.5) is 0 Å². The summed E-state index contributed by atoms with van der Waals surface area (Å²) >= 11 is 0. The lowest BCUT2D eigenvalue weighted by Gasteiger charge is -2.27. The largest absolute Gasteiger partial charge is 0.471 e. The fourth-order valence-electron chi connectivity index (χ4n) is 1.73. The summed E-state index contributed by atoms with van der Waals surface area (Å²) in [5.41, 5.74) is 2.02. The second kappa shape index (κ2) is 5.80. The molecule has 18 heavy (non-hydrogen) atoms. The Hall–Kier alpha value is -1.65. The van der Waals surface area contributed by atoms with Crippen LogP contribution in [-0.2, 0) is 0 Å². The lowest BCUT2D eigenvalue weighted by molar-refractivity contribution is 0.137. The number of halogens is 1. The van der Waals surface area contributed by atoms with Gasteiger partial charge in [0.25, 0.3) is 0 Å². The van der Waals surface area contributed by atoms with E-state index in [1.807, 2.05) is 30.5 Å². The van der Waals surface area contributed by atoms with Gasteiger partial charge in [0.1, 0.15) is 6.10 Å². The molecule has 1 N–H and O–H groups in total. The van der Waals surface area contributed by atoms with Gasteiger partial charge in [0.15, 0.2) is 0 Å². The number of nitrogens with one attached hydrogen (secondary N) is 1. The number of hydrogen-bond acceptors (Lipinski definition) is 4. The molecular weight excluding hydrogens is 250 g/mol. The average Bonchev–Trinajstić information content (AvgIpc) is 2.35. The predicted octanol–water partition coefficient (Wildman–Crippen LogP) is 1.92. The molecule has 0 bridgehead atoms. The van der Waals surface area contributed by atoms with Gasteiger partial charge in [0.05, 0.1) is 0 Å². The van der Waals surface area contributed by atoms with Crippen LogP contribution < -0.4 is 10.1 Å². The Balaban J connectivity index is 0.00000120. The first-order chi connectivity index (χ1) is 8.43. The molecule has 0 radical (unpaired) electrons. The minimum absolute atomic E-state index is 0. The summed E-state index contributed by atoms with van der Waals surface area (Å²) in [6, 6.07) is 7.84. The van der Waals surface area contributed by atoms with Crippen molar-refractivity contribution in [1.29, 1.82) is 0 Å². The normalized spacial score (nSPS) is 14.4. The van der Waals surface area contributed by atoms with E-state index in [-0.39, 0.29) is 18.5 Å². The van der Waals surface area contributed by atoms with Crippen LogP contribution in [0.5, 0.6) is 5.88 Å². The molecule has 0 atom stereocenters. The number of rotatable bonds is 3. The molecule has 4 nitrogen and oxygen atoms in total. The van der Waals surface area contributed by atoms with Gasteiger partial charge >= 0.3 is 0 Å². The molecule has 0 unspecified atom stereocenters. The van der Waals surface area contributed by atoms with E-state index < -0.39 is 0 Å². The monoisotopic (exact) mass is 263 g/mol. The quantitative estimate of drug-likeness (QED) is 0.919. The van der Waals surface area contributed by atoms with Gasteiger partial charge in [-0.25, -0.2) is 4.98 Å². The number of pyridine rings is 2. The van der Waals surface area contributed by atoms with Crippen molar-refractivity contribution in [2.24, 2.45) is 0 Å². The van der Waals surface area contributed by atoms with Crippen molar-refractivity contribution in [2.45, 2.75) is 6.10 Å². The Morgan fingerprint density at radius 2 is 2.00 bits per heavy atom. The van der Waals surface area contributed by atoms with Gasteiger partial charge in [-0.2, -0.15) is 0 Å². The number of ether oxygens (including phenoxy) is 1. The van der Waals surface area contributed by atoms with E-state index in [1.165, 1.54) is 0 Å². The second-order valence-electron chi connectivity index (χ2n) is 4.00. The van der Waals surface area contributed by atoms with Gasteiger partial charge in [-0.05, 0) is 18.2 Å². The molecule has 0 aromatic carbocycles. The molecule has 2 aromatic heterocycles. The lowest BCUT2D eigenvalue weighted by Crippen LogP contribution is -2.50. The lowest BCUT2D eigenvalue weighted by atomic mass is 10.1. The van der Waals surface area contributed by atoms with E-state index in [4.69, 9.17) is 4.74 Å². The van der Waals surface area contributed by atoms with Crippen LogP contribution in [0.15, 0.2) is 42.9 Å². The molecule has 0 amide bonds. The Bertz CT molecular complexity index is 503. The molecule has 1 fully saturated rings. The van der Waals surface area contributed by atoms with Crippen molar-refractivity contribution in [1.82, 2.24) is 15.3 Å². The van der Waals surface area contributed by atoms with E-state index in [9.17, 15) is 0 Å². The van der Waals surface area contributed by atoms with Gasteiger partial charge in [-0.15, -0.1) is 12.4 Å². The standard InChI is InChI=1S/C13H13N3O.ClH/c1-3-10(7-14-5-1)12-4-2-6-16-13(12)17-11-8-15-9-11;/h1-7,11,15H,8-9H2;1H. The third-order valence-corrected chi connectivity index (χ3v) is 2.77. The van der Waals surface area contributed by atoms with Gasteiger partial charge in [0, 0.05) is 42.8 Å². The molecule has 1 aliphatic rings. The fraction of sp³-hybridized carbons (Fsp3) is 0.231. The van der Waals surface area contributed by atoms with Crippen LogP contribution in [0, 0.1) is 0 Å². The summed E-state index contributed by atoms with van der Waals surface area (Å²) in [5.74, 6) is 0.687. The van der Waals surface area contributed by atoms with Crippen molar-refractivity contribution in [3.8, 4) is 17.0 Å². The molecule has 5 heteroatoms. The highest BCUT2D eigenvalue weighted by Crippen LogP contribution is 2.27. The molecule has 0 saturated carbocycles. The maximum atomic E-state index is 5.83. The fourth-order valence-corrected chi connectivity index (χ4v) is 1.73. The topological polar surface area (TPSA) is 47.0 Å². The number of nitrogens with zero attached hydrogens (tertiary/aromatic N) is 2. The summed E-state index contributed by atoms with van der Waals surface area (Å²) in [4.78, 5) is 8.42. The molecule has 1 aliphatic heterocycles. The minimum Gasteiger partial charge on any atom is -0.471 e. The van der Waals surface area contributed by atoms with E-state index >= 15 is 0 Å².